The molecule has 7 heteroatoms. The van der Waals surface area contributed by atoms with Crippen molar-refractivity contribution in [1.29, 1.82) is 0 Å². The molecule has 0 aliphatic heterocycles. The van der Waals surface area contributed by atoms with Crippen LogP contribution in [0.3, 0.4) is 0 Å². The number of nitrogens with zero attached hydrogens (tertiary/aromatic N) is 1. The van der Waals surface area contributed by atoms with Crippen LogP contribution in [0, 0.1) is 0 Å². The zero-order chi connectivity index (χ0) is 19.3. The van der Waals surface area contributed by atoms with Crippen LogP contribution in [0.25, 0.3) is 0 Å². The van der Waals surface area contributed by atoms with E-state index in [1.54, 1.807) is 31.3 Å². The number of benzene rings is 2. The smallest absolute Gasteiger partial charge is 0.352 e. The van der Waals surface area contributed by atoms with Gasteiger partial charge >= 0.3 is 6.18 Å². The molecule has 0 saturated carbocycles. The van der Waals surface area contributed by atoms with E-state index in [0.29, 0.717) is 17.7 Å². The largest absolute Gasteiger partial charge is 0.416 e. The molecular formula is C19H19F3N2O2. The number of nitrogens with one attached hydrogen (secondary N) is 1. The van der Waals surface area contributed by atoms with E-state index >= 15 is 0 Å². The van der Waals surface area contributed by atoms with E-state index in [4.69, 9.17) is 0 Å². The fourth-order valence-corrected chi connectivity index (χ4v) is 2.36. The Kier molecular flexibility index (Phi) is 6.02. The summed E-state index contributed by atoms with van der Waals surface area (Å²) >= 11 is 0. The molecule has 0 heterocycles. The molecule has 2 amide bonds. The number of hydrogen-bond donors (Lipinski definition) is 1. The molecule has 0 spiro atoms. The maximum absolute atomic E-state index is 12.6. The molecule has 0 aromatic heterocycles. The van der Waals surface area contributed by atoms with E-state index in [0.717, 1.165) is 17.7 Å². The molecule has 138 valence electrons. The van der Waals surface area contributed by atoms with Crippen LogP contribution in [0.5, 0.6) is 0 Å². The van der Waals surface area contributed by atoms with Crippen molar-refractivity contribution in [3.05, 3.63) is 70.8 Å². The minimum atomic E-state index is -4.38. The lowest BCUT2D eigenvalue weighted by molar-refractivity contribution is -0.137. The maximum atomic E-state index is 12.6. The molecule has 26 heavy (non-hydrogen) atoms. The van der Waals surface area contributed by atoms with Crippen molar-refractivity contribution in [3.63, 3.8) is 0 Å². The van der Waals surface area contributed by atoms with Crippen molar-refractivity contribution in [2.24, 2.45) is 0 Å². The number of carbonyl (C=O) groups is 2. The van der Waals surface area contributed by atoms with Gasteiger partial charge in [-0.05, 0) is 35.4 Å². The third kappa shape index (κ3) is 5.34. The average Bonchev–Trinajstić information content (AvgIpc) is 2.59. The Morgan fingerprint density at radius 2 is 1.50 bits per heavy atom. The summed E-state index contributed by atoms with van der Waals surface area (Å²) in [6, 6.07) is 11.5. The van der Waals surface area contributed by atoms with Crippen molar-refractivity contribution in [3.8, 4) is 0 Å². The normalized spacial score (nSPS) is 11.1. The highest BCUT2D eigenvalue weighted by atomic mass is 19.4. The van der Waals surface area contributed by atoms with Gasteiger partial charge < -0.3 is 10.2 Å². The van der Waals surface area contributed by atoms with Crippen molar-refractivity contribution in [2.45, 2.75) is 26.2 Å². The molecule has 0 fully saturated rings. The Hall–Kier alpha value is -2.83. The van der Waals surface area contributed by atoms with E-state index in [9.17, 15) is 22.8 Å². The van der Waals surface area contributed by atoms with Crippen LogP contribution < -0.4 is 5.32 Å². The second-order valence-electron chi connectivity index (χ2n) is 5.96. The number of rotatable bonds is 5. The Balaban J connectivity index is 1.99. The Labute approximate surface area is 149 Å². The summed E-state index contributed by atoms with van der Waals surface area (Å²) in [5.41, 5.74) is 1.22. The molecule has 0 unspecified atom stereocenters. The van der Waals surface area contributed by atoms with Gasteiger partial charge in [-0.15, -0.1) is 0 Å². The van der Waals surface area contributed by atoms with Crippen LogP contribution in [-0.4, -0.2) is 23.8 Å². The summed E-state index contributed by atoms with van der Waals surface area (Å²) in [5, 5.41) is 2.67. The van der Waals surface area contributed by atoms with E-state index in [1.165, 1.54) is 24.0 Å². The predicted octanol–water partition coefficient (Wildman–Crippen LogP) is 3.61. The molecule has 2 aromatic rings. The minimum Gasteiger partial charge on any atom is -0.352 e. The summed E-state index contributed by atoms with van der Waals surface area (Å²) in [4.78, 5) is 24.8. The van der Waals surface area contributed by atoms with Crippen LogP contribution in [0.4, 0.5) is 13.2 Å². The maximum Gasteiger partial charge on any atom is 0.416 e. The van der Waals surface area contributed by atoms with E-state index in [2.05, 4.69) is 5.32 Å². The molecule has 0 aliphatic rings. The Morgan fingerprint density at radius 3 is 2.00 bits per heavy atom. The second kappa shape index (κ2) is 8.03. The van der Waals surface area contributed by atoms with Crippen LogP contribution >= 0.6 is 0 Å². The lowest BCUT2D eigenvalue weighted by Crippen LogP contribution is -2.26. The fraction of sp³-hybridized carbons (Fsp3) is 0.263. The van der Waals surface area contributed by atoms with Crippen molar-refractivity contribution in [2.75, 3.05) is 7.05 Å². The third-order valence-electron chi connectivity index (χ3n) is 3.79. The van der Waals surface area contributed by atoms with Gasteiger partial charge in [0.05, 0.1) is 5.56 Å². The minimum absolute atomic E-state index is 0.138. The fourth-order valence-electron chi connectivity index (χ4n) is 2.36. The van der Waals surface area contributed by atoms with Crippen LogP contribution in [-0.2, 0) is 24.1 Å². The monoisotopic (exact) mass is 364 g/mol. The topological polar surface area (TPSA) is 49.4 Å². The highest BCUT2D eigenvalue weighted by Gasteiger charge is 2.30. The first kappa shape index (κ1) is 19.5. The molecule has 0 bridgehead atoms. The van der Waals surface area contributed by atoms with E-state index in [-0.39, 0.29) is 18.4 Å². The van der Waals surface area contributed by atoms with Crippen molar-refractivity contribution >= 4 is 11.8 Å². The van der Waals surface area contributed by atoms with Gasteiger partial charge in [-0.2, -0.15) is 13.2 Å². The quantitative estimate of drug-likeness (QED) is 0.881. The first-order valence-corrected chi connectivity index (χ1v) is 7.92. The number of amides is 2. The summed E-state index contributed by atoms with van der Waals surface area (Å²) in [6.45, 7) is 2.00. The lowest BCUT2D eigenvalue weighted by Gasteiger charge is -2.18. The molecular weight excluding hydrogens is 345 g/mol. The van der Waals surface area contributed by atoms with Gasteiger partial charge in [0.2, 0.25) is 5.91 Å². The molecule has 2 aromatic carbocycles. The highest BCUT2D eigenvalue weighted by Crippen LogP contribution is 2.29. The summed E-state index contributed by atoms with van der Waals surface area (Å²) in [5.74, 6) is -0.377. The van der Waals surface area contributed by atoms with Crippen molar-refractivity contribution in [1.82, 2.24) is 10.2 Å². The highest BCUT2D eigenvalue weighted by molar-refractivity contribution is 5.94. The average molecular weight is 364 g/mol. The van der Waals surface area contributed by atoms with Gasteiger partial charge in [-0.25, -0.2) is 0 Å². The van der Waals surface area contributed by atoms with Gasteiger partial charge in [-0.3, -0.25) is 9.59 Å². The standard InChI is InChI=1S/C19H19F3N2O2/c1-13(25)23-11-14-3-7-16(8-4-14)18(26)24(2)12-15-5-9-17(10-6-15)19(20,21)22/h3-10H,11-12H2,1-2H3,(H,23,25). The van der Waals surface area contributed by atoms with Crippen LogP contribution in [0.15, 0.2) is 48.5 Å². The van der Waals surface area contributed by atoms with Gasteiger partial charge in [0.25, 0.3) is 5.91 Å². The number of halogens is 3. The number of alkyl halides is 3. The number of hydrogen-bond acceptors (Lipinski definition) is 2. The predicted molar refractivity (Wildman–Crippen MR) is 91.2 cm³/mol. The van der Waals surface area contributed by atoms with Gasteiger partial charge in [-0.1, -0.05) is 24.3 Å². The summed E-state index contributed by atoms with van der Waals surface area (Å²) in [7, 11) is 1.59. The summed E-state index contributed by atoms with van der Waals surface area (Å²) in [6.07, 6.45) is -4.38. The zero-order valence-electron chi connectivity index (χ0n) is 14.4. The van der Waals surface area contributed by atoms with Gasteiger partial charge in [0.15, 0.2) is 0 Å². The molecule has 0 radical (unpaired) electrons. The van der Waals surface area contributed by atoms with Crippen LogP contribution in [0.2, 0.25) is 0 Å². The number of carbonyl (C=O) groups excluding carboxylic acids is 2. The Morgan fingerprint density at radius 1 is 0.962 bits per heavy atom. The molecule has 4 nitrogen and oxygen atoms in total. The third-order valence-corrected chi connectivity index (χ3v) is 3.79. The SMILES string of the molecule is CC(=O)NCc1ccc(C(=O)N(C)Cc2ccc(C(F)(F)F)cc2)cc1. The molecule has 1 N–H and O–H groups in total. The molecule has 0 saturated heterocycles. The van der Waals surface area contributed by atoms with Gasteiger partial charge in [0.1, 0.15) is 0 Å². The zero-order valence-corrected chi connectivity index (χ0v) is 14.4. The molecule has 2 rings (SSSR count). The Bertz CT molecular complexity index is 769. The lowest BCUT2D eigenvalue weighted by atomic mass is 10.1. The van der Waals surface area contributed by atoms with E-state index in [1.807, 2.05) is 0 Å². The van der Waals surface area contributed by atoms with E-state index < -0.39 is 11.7 Å². The second-order valence-corrected chi connectivity index (χ2v) is 5.96. The first-order valence-electron chi connectivity index (χ1n) is 7.92. The van der Waals surface area contributed by atoms with Gasteiger partial charge in [0, 0.05) is 32.6 Å². The van der Waals surface area contributed by atoms with Crippen LogP contribution in [0.1, 0.15) is 34.0 Å². The first-order chi connectivity index (χ1) is 12.2. The van der Waals surface area contributed by atoms with Crippen molar-refractivity contribution < 1.29 is 22.8 Å². The summed E-state index contributed by atoms with van der Waals surface area (Å²) < 4.78 is 37.7. The molecule has 0 aliphatic carbocycles. The molecule has 0 atom stereocenters.